The highest BCUT2D eigenvalue weighted by atomic mass is 32.2. The van der Waals surface area contributed by atoms with E-state index in [1.165, 1.54) is 11.8 Å². The van der Waals surface area contributed by atoms with E-state index in [1.54, 1.807) is 18.2 Å². The minimum atomic E-state index is 0.0614. The average Bonchev–Trinajstić information content (AvgIpc) is 2.80. The summed E-state index contributed by atoms with van der Waals surface area (Å²) in [5.74, 6) is 1.31. The molecule has 92 valence electrons. The number of fused-ring (bicyclic) bond motifs is 1. The van der Waals surface area contributed by atoms with E-state index in [0.29, 0.717) is 10.9 Å². The molecule has 0 saturated carbocycles. The molecule has 1 aromatic rings. The third-order valence-corrected chi connectivity index (χ3v) is 3.67. The molecule has 3 rings (SSSR count). The van der Waals surface area contributed by atoms with Crippen molar-refractivity contribution in [3.63, 3.8) is 0 Å². The second kappa shape index (κ2) is 4.38. The van der Waals surface area contributed by atoms with Gasteiger partial charge in [0.2, 0.25) is 5.91 Å². The van der Waals surface area contributed by atoms with Gasteiger partial charge in [0.15, 0.2) is 5.17 Å². The number of hydrazone groups is 1. The van der Waals surface area contributed by atoms with E-state index >= 15 is 0 Å². The van der Waals surface area contributed by atoms with Crippen molar-refractivity contribution in [3.8, 4) is 5.75 Å². The molecule has 0 atom stereocenters. The summed E-state index contributed by atoms with van der Waals surface area (Å²) in [5, 5.41) is 4.88. The van der Waals surface area contributed by atoms with Crippen LogP contribution in [-0.2, 0) is 4.79 Å². The monoisotopic (exact) mass is 261 g/mol. The number of nitrogens with one attached hydrogen (secondary N) is 1. The fourth-order valence-corrected chi connectivity index (χ4v) is 2.56. The molecule has 1 saturated heterocycles. The molecule has 1 aromatic carbocycles. The van der Waals surface area contributed by atoms with Crippen LogP contribution in [0.3, 0.4) is 0 Å². The molecule has 1 amide bonds. The minimum absolute atomic E-state index is 0.0614. The smallest absolute Gasteiger partial charge is 0.243 e. The fraction of sp³-hybridized carbons (Fsp3) is 0.167. The number of ether oxygens (including phenoxy) is 1. The van der Waals surface area contributed by atoms with Crippen LogP contribution >= 0.6 is 11.8 Å². The van der Waals surface area contributed by atoms with E-state index in [1.807, 2.05) is 24.3 Å². The molecule has 1 fully saturated rings. The highest BCUT2D eigenvalue weighted by molar-refractivity contribution is 8.15. The van der Waals surface area contributed by atoms with Gasteiger partial charge >= 0.3 is 0 Å². The summed E-state index contributed by atoms with van der Waals surface area (Å²) in [6.45, 7) is 0. The molecule has 0 bridgehead atoms. The Labute approximate surface area is 108 Å². The number of hydrogen-bond acceptors (Lipinski definition) is 5. The number of rotatable bonds is 2. The molecule has 0 radical (unpaired) electrons. The number of thioether (sulfide) groups is 1. The number of nitrogens with zero attached hydrogens (tertiary/aromatic N) is 2. The van der Waals surface area contributed by atoms with Crippen LogP contribution in [0.15, 0.2) is 35.6 Å². The van der Waals surface area contributed by atoms with Crippen molar-refractivity contribution in [2.75, 3.05) is 12.9 Å². The van der Waals surface area contributed by atoms with E-state index in [-0.39, 0.29) is 5.91 Å². The van der Waals surface area contributed by atoms with E-state index in [9.17, 15) is 4.79 Å². The Bertz CT molecular complexity index is 551. The van der Waals surface area contributed by atoms with Crippen molar-refractivity contribution >= 4 is 28.5 Å². The van der Waals surface area contributed by atoms with Crippen LogP contribution in [0.4, 0.5) is 0 Å². The lowest BCUT2D eigenvalue weighted by molar-refractivity contribution is -0.122. The van der Waals surface area contributed by atoms with Crippen LogP contribution < -0.4 is 10.2 Å². The zero-order valence-electron chi connectivity index (χ0n) is 9.71. The van der Waals surface area contributed by atoms with Gasteiger partial charge in [-0.3, -0.25) is 15.1 Å². The molecule has 2 heterocycles. The van der Waals surface area contributed by atoms with Crippen LogP contribution in [0.25, 0.3) is 5.70 Å². The SMILES string of the molecule is COc1ccc(C2=CN3C(=O)CSC3=NN2)cc1. The normalized spacial score (nSPS) is 17.8. The van der Waals surface area contributed by atoms with Gasteiger partial charge in [0.1, 0.15) is 5.75 Å². The molecule has 6 heteroatoms. The van der Waals surface area contributed by atoms with E-state index in [4.69, 9.17) is 4.74 Å². The predicted octanol–water partition coefficient (Wildman–Crippen LogP) is 1.44. The van der Waals surface area contributed by atoms with E-state index < -0.39 is 0 Å². The molecule has 5 nitrogen and oxygen atoms in total. The van der Waals surface area contributed by atoms with Gasteiger partial charge in [0, 0.05) is 11.8 Å². The van der Waals surface area contributed by atoms with Gasteiger partial charge < -0.3 is 4.74 Å². The van der Waals surface area contributed by atoms with Gasteiger partial charge in [-0.05, 0) is 24.3 Å². The van der Waals surface area contributed by atoms with Gasteiger partial charge in [-0.2, -0.15) is 0 Å². The second-order valence-corrected chi connectivity index (χ2v) is 4.77. The van der Waals surface area contributed by atoms with Crippen molar-refractivity contribution in [3.05, 3.63) is 36.0 Å². The Hall–Kier alpha value is -1.95. The maximum absolute atomic E-state index is 11.6. The summed E-state index contributed by atoms with van der Waals surface area (Å²) in [6, 6.07) is 7.59. The summed E-state index contributed by atoms with van der Waals surface area (Å²) < 4.78 is 5.11. The largest absolute Gasteiger partial charge is 0.497 e. The topological polar surface area (TPSA) is 53.9 Å². The Balaban J connectivity index is 1.89. The number of hydrogen-bond donors (Lipinski definition) is 1. The quantitative estimate of drug-likeness (QED) is 0.875. The first-order chi connectivity index (χ1) is 8.78. The third-order valence-electron chi connectivity index (χ3n) is 2.73. The standard InChI is InChI=1S/C12H11N3O2S/c1-17-9-4-2-8(3-5-9)10-6-15-11(16)7-18-12(15)14-13-10/h2-6,13H,7H2,1H3. The molecule has 0 spiro atoms. The van der Waals surface area contributed by atoms with Gasteiger partial charge in [-0.15, -0.1) is 5.10 Å². The lowest BCUT2D eigenvalue weighted by Gasteiger charge is -2.19. The zero-order chi connectivity index (χ0) is 12.5. The van der Waals surface area contributed by atoms with Gasteiger partial charge in [0.25, 0.3) is 0 Å². The second-order valence-electron chi connectivity index (χ2n) is 3.83. The minimum Gasteiger partial charge on any atom is -0.497 e. The number of benzene rings is 1. The number of carbonyl (C=O) groups excluding carboxylic acids is 1. The number of amides is 1. The van der Waals surface area contributed by atoms with Gasteiger partial charge in [-0.25, -0.2) is 0 Å². The maximum Gasteiger partial charge on any atom is 0.243 e. The molecule has 2 aliphatic rings. The molecule has 1 N–H and O–H groups in total. The molecular weight excluding hydrogens is 250 g/mol. The van der Waals surface area contributed by atoms with Crippen molar-refractivity contribution in [1.82, 2.24) is 10.3 Å². The Kier molecular flexibility index (Phi) is 2.71. The van der Waals surface area contributed by atoms with Crippen molar-refractivity contribution in [2.24, 2.45) is 5.10 Å². The van der Waals surface area contributed by atoms with Crippen molar-refractivity contribution in [1.29, 1.82) is 0 Å². The summed E-state index contributed by atoms with van der Waals surface area (Å²) >= 11 is 1.44. The molecule has 0 unspecified atom stereocenters. The van der Waals surface area contributed by atoms with Crippen LogP contribution in [0, 0.1) is 0 Å². The fourth-order valence-electron chi connectivity index (χ4n) is 1.76. The Morgan fingerprint density at radius 2 is 2.17 bits per heavy atom. The van der Waals surface area contributed by atoms with E-state index in [2.05, 4.69) is 10.5 Å². The predicted molar refractivity (Wildman–Crippen MR) is 70.8 cm³/mol. The highest BCUT2D eigenvalue weighted by Crippen LogP contribution is 2.26. The molecule has 18 heavy (non-hydrogen) atoms. The highest BCUT2D eigenvalue weighted by Gasteiger charge is 2.29. The van der Waals surface area contributed by atoms with Gasteiger partial charge in [-0.1, -0.05) is 11.8 Å². The Morgan fingerprint density at radius 1 is 1.39 bits per heavy atom. The van der Waals surface area contributed by atoms with Crippen LogP contribution in [0.5, 0.6) is 5.75 Å². The molecule has 2 aliphatic heterocycles. The lowest BCUT2D eigenvalue weighted by Crippen LogP contribution is -2.30. The first-order valence-electron chi connectivity index (χ1n) is 5.43. The lowest BCUT2D eigenvalue weighted by atomic mass is 10.1. The number of methoxy groups -OCH3 is 1. The van der Waals surface area contributed by atoms with Crippen LogP contribution in [0.2, 0.25) is 0 Å². The van der Waals surface area contributed by atoms with Crippen LogP contribution in [0.1, 0.15) is 5.56 Å². The van der Waals surface area contributed by atoms with Gasteiger partial charge in [0.05, 0.1) is 18.6 Å². The number of carbonyl (C=O) groups is 1. The molecule has 0 aliphatic carbocycles. The summed E-state index contributed by atoms with van der Waals surface area (Å²) in [4.78, 5) is 13.2. The molecular formula is C12H11N3O2S. The summed E-state index contributed by atoms with van der Waals surface area (Å²) in [5.41, 5.74) is 4.72. The summed E-state index contributed by atoms with van der Waals surface area (Å²) in [7, 11) is 1.63. The first-order valence-corrected chi connectivity index (χ1v) is 6.41. The van der Waals surface area contributed by atoms with Crippen LogP contribution in [-0.4, -0.2) is 28.8 Å². The molecule has 0 aromatic heterocycles. The Morgan fingerprint density at radius 3 is 2.89 bits per heavy atom. The number of amidine groups is 1. The zero-order valence-corrected chi connectivity index (χ0v) is 10.5. The van der Waals surface area contributed by atoms with Crippen molar-refractivity contribution in [2.45, 2.75) is 0 Å². The summed E-state index contributed by atoms with van der Waals surface area (Å²) in [6.07, 6.45) is 1.78. The van der Waals surface area contributed by atoms with E-state index in [0.717, 1.165) is 17.0 Å². The van der Waals surface area contributed by atoms with Crippen molar-refractivity contribution < 1.29 is 9.53 Å². The average molecular weight is 261 g/mol. The third kappa shape index (κ3) is 1.84. The maximum atomic E-state index is 11.6. The first kappa shape index (κ1) is 11.2.